The second-order valence-electron chi connectivity index (χ2n) is 7.93. The molecule has 34 heavy (non-hydrogen) atoms. The molecule has 1 amide bonds. The normalized spacial score (nSPS) is 12.4. The number of ether oxygens (including phenoxy) is 1. The predicted molar refractivity (Wildman–Crippen MR) is 135 cm³/mol. The number of aryl methyl sites for hydroxylation is 1. The molecule has 4 aromatic rings. The number of hydrogen-bond acceptors (Lipinski definition) is 6. The van der Waals surface area contributed by atoms with E-state index in [4.69, 9.17) is 4.74 Å². The minimum Gasteiger partial charge on any atom is -0.497 e. The van der Waals surface area contributed by atoms with Gasteiger partial charge in [0.2, 0.25) is 0 Å². The molecule has 1 N–H and O–H groups in total. The first-order valence-corrected chi connectivity index (χ1v) is 12.9. The molecular formula is C25H25N3O4S2. The van der Waals surface area contributed by atoms with E-state index in [0.29, 0.717) is 17.0 Å². The molecule has 0 aliphatic heterocycles. The Morgan fingerprint density at radius 2 is 1.79 bits per heavy atom. The number of methoxy groups -OCH3 is 1. The fourth-order valence-corrected chi connectivity index (χ4v) is 5.90. The molecule has 1 aromatic heterocycles. The van der Waals surface area contributed by atoms with Crippen molar-refractivity contribution >= 4 is 43.2 Å². The highest BCUT2D eigenvalue weighted by Gasteiger charge is 2.24. The highest BCUT2D eigenvalue weighted by atomic mass is 32.2. The van der Waals surface area contributed by atoms with Gasteiger partial charge in [0.15, 0.2) is 0 Å². The number of nitrogens with zero attached hydrogens (tertiary/aromatic N) is 2. The van der Waals surface area contributed by atoms with Crippen LogP contribution in [-0.2, 0) is 10.0 Å². The Morgan fingerprint density at radius 3 is 2.47 bits per heavy atom. The second-order valence-corrected chi connectivity index (χ2v) is 10.6. The van der Waals surface area contributed by atoms with Gasteiger partial charge in [0.1, 0.15) is 10.8 Å². The third-order valence-corrected chi connectivity index (χ3v) is 8.37. The fourth-order valence-electron chi connectivity index (χ4n) is 3.51. The summed E-state index contributed by atoms with van der Waals surface area (Å²) in [6, 6.07) is 18.8. The third-order valence-electron chi connectivity index (χ3n) is 5.64. The summed E-state index contributed by atoms with van der Waals surface area (Å²) in [6.45, 7) is 3.61. The summed E-state index contributed by atoms with van der Waals surface area (Å²) in [4.78, 5) is 19.5. The standard InChI is InChI=1S/C25H25N3O4S2/c1-16-9-10-18(15-23(16)34(30,31)27-19-11-13-20(32-4)14-12-19)25(29)28(3)17(2)24-26-21-7-5-6-8-22(21)33-24/h5-15,17,27H,1-4H3/t17-/m1/s1. The van der Waals surface area contributed by atoms with Gasteiger partial charge in [-0.05, 0) is 67.9 Å². The van der Waals surface area contributed by atoms with Crippen LogP contribution in [0.15, 0.2) is 71.6 Å². The molecule has 0 unspecified atom stereocenters. The van der Waals surface area contributed by atoms with Crippen molar-refractivity contribution in [2.24, 2.45) is 0 Å². The molecule has 1 atom stereocenters. The Hall–Kier alpha value is -3.43. The van der Waals surface area contributed by atoms with Crippen LogP contribution in [0.1, 0.15) is 33.9 Å². The first-order chi connectivity index (χ1) is 16.2. The summed E-state index contributed by atoms with van der Waals surface area (Å²) in [6.07, 6.45) is 0. The highest BCUT2D eigenvalue weighted by Crippen LogP contribution is 2.30. The van der Waals surface area contributed by atoms with Crippen molar-refractivity contribution in [1.82, 2.24) is 9.88 Å². The number of carbonyl (C=O) groups excluding carboxylic acids is 1. The molecule has 0 aliphatic rings. The summed E-state index contributed by atoms with van der Waals surface area (Å²) in [7, 11) is -0.668. The van der Waals surface area contributed by atoms with Crippen LogP contribution < -0.4 is 9.46 Å². The fraction of sp³-hybridized carbons (Fsp3) is 0.200. The van der Waals surface area contributed by atoms with Gasteiger partial charge < -0.3 is 9.64 Å². The van der Waals surface area contributed by atoms with Crippen LogP contribution in [0.25, 0.3) is 10.2 Å². The summed E-state index contributed by atoms with van der Waals surface area (Å²) in [5.74, 6) is 0.338. The van der Waals surface area contributed by atoms with Crippen LogP contribution in [0, 0.1) is 6.92 Å². The van der Waals surface area contributed by atoms with Crippen LogP contribution >= 0.6 is 11.3 Å². The van der Waals surface area contributed by atoms with Crippen molar-refractivity contribution in [2.45, 2.75) is 24.8 Å². The maximum absolute atomic E-state index is 13.3. The van der Waals surface area contributed by atoms with Gasteiger partial charge in [0.05, 0.1) is 28.3 Å². The number of sulfonamides is 1. The zero-order chi connectivity index (χ0) is 24.5. The van der Waals surface area contributed by atoms with E-state index in [9.17, 15) is 13.2 Å². The van der Waals surface area contributed by atoms with E-state index in [1.54, 1.807) is 73.7 Å². The van der Waals surface area contributed by atoms with E-state index in [1.807, 2.05) is 31.2 Å². The lowest BCUT2D eigenvalue weighted by atomic mass is 10.1. The van der Waals surface area contributed by atoms with E-state index in [2.05, 4.69) is 9.71 Å². The van der Waals surface area contributed by atoms with Crippen molar-refractivity contribution in [3.8, 4) is 5.75 Å². The number of anilines is 1. The van der Waals surface area contributed by atoms with Crippen molar-refractivity contribution in [3.63, 3.8) is 0 Å². The lowest BCUT2D eigenvalue weighted by Crippen LogP contribution is -2.30. The Morgan fingerprint density at radius 1 is 1.09 bits per heavy atom. The number of rotatable bonds is 7. The molecule has 0 bridgehead atoms. The molecule has 0 aliphatic carbocycles. The van der Waals surface area contributed by atoms with Crippen molar-refractivity contribution in [3.05, 3.63) is 82.9 Å². The Balaban J connectivity index is 1.58. The number of fused-ring (bicyclic) bond motifs is 1. The molecule has 0 saturated carbocycles. The minimum absolute atomic E-state index is 0.0511. The number of thiazole rings is 1. The first-order valence-electron chi connectivity index (χ1n) is 10.6. The van der Waals surface area contributed by atoms with Gasteiger partial charge in [-0.1, -0.05) is 18.2 Å². The summed E-state index contributed by atoms with van der Waals surface area (Å²) in [5, 5.41) is 0.818. The number of benzene rings is 3. The highest BCUT2D eigenvalue weighted by molar-refractivity contribution is 7.92. The second kappa shape index (κ2) is 9.44. The Bertz CT molecular complexity index is 1410. The van der Waals surface area contributed by atoms with E-state index in [1.165, 1.54) is 6.07 Å². The van der Waals surface area contributed by atoms with Gasteiger partial charge in [-0.15, -0.1) is 11.3 Å². The van der Waals surface area contributed by atoms with Crippen LogP contribution in [-0.4, -0.2) is 38.4 Å². The minimum atomic E-state index is -3.91. The van der Waals surface area contributed by atoms with Crippen molar-refractivity contribution in [1.29, 1.82) is 0 Å². The number of nitrogens with one attached hydrogen (secondary N) is 1. The van der Waals surface area contributed by atoms with Crippen LogP contribution in [0.2, 0.25) is 0 Å². The van der Waals surface area contributed by atoms with Crippen molar-refractivity contribution in [2.75, 3.05) is 18.9 Å². The number of hydrogen-bond donors (Lipinski definition) is 1. The predicted octanol–water partition coefficient (Wildman–Crippen LogP) is 5.25. The number of para-hydroxylation sites is 1. The van der Waals surface area contributed by atoms with Gasteiger partial charge in [0, 0.05) is 18.3 Å². The zero-order valence-electron chi connectivity index (χ0n) is 19.3. The average Bonchev–Trinajstić information content (AvgIpc) is 3.27. The monoisotopic (exact) mass is 495 g/mol. The smallest absolute Gasteiger partial charge is 0.262 e. The Kier molecular flexibility index (Phi) is 6.58. The SMILES string of the molecule is COc1ccc(NS(=O)(=O)c2cc(C(=O)N(C)[C@H](C)c3nc4ccccc4s3)ccc2C)cc1. The molecule has 0 saturated heterocycles. The van der Waals surface area contributed by atoms with Gasteiger partial charge in [-0.2, -0.15) is 0 Å². The molecule has 0 radical (unpaired) electrons. The number of amides is 1. The summed E-state index contributed by atoms with van der Waals surface area (Å²) >= 11 is 1.54. The number of carbonyl (C=O) groups is 1. The quantitative estimate of drug-likeness (QED) is 0.378. The molecule has 1 heterocycles. The molecule has 4 rings (SSSR count). The molecule has 176 valence electrons. The first kappa shape index (κ1) is 23.7. The van der Waals surface area contributed by atoms with Gasteiger partial charge >= 0.3 is 0 Å². The maximum atomic E-state index is 13.3. The Labute approximate surface area is 203 Å². The van der Waals surface area contributed by atoms with Crippen LogP contribution in [0.4, 0.5) is 5.69 Å². The maximum Gasteiger partial charge on any atom is 0.262 e. The van der Waals surface area contributed by atoms with Crippen molar-refractivity contribution < 1.29 is 17.9 Å². The van der Waals surface area contributed by atoms with Crippen LogP contribution in [0.5, 0.6) is 5.75 Å². The average molecular weight is 496 g/mol. The largest absolute Gasteiger partial charge is 0.497 e. The molecule has 3 aromatic carbocycles. The van der Waals surface area contributed by atoms with E-state index < -0.39 is 10.0 Å². The lowest BCUT2D eigenvalue weighted by Gasteiger charge is -2.23. The van der Waals surface area contributed by atoms with Gasteiger partial charge in [-0.3, -0.25) is 9.52 Å². The topological polar surface area (TPSA) is 88.6 Å². The summed E-state index contributed by atoms with van der Waals surface area (Å²) in [5.41, 5.74) is 2.12. The number of aromatic nitrogens is 1. The lowest BCUT2D eigenvalue weighted by molar-refractivity contribution is 0.0742. The van der Waals surface area contributed by atoms with Gasteiger partial charge in [0.25, 0.3) is 15.9 Å². The molecule has 0 spiro atoms. The molecule has 9 heteroatoms. The van der Waals surface area contributed by atoms with Gasteiger partial charge in [-0.25, -0.2) is 13.4 Å². The summed E-state index contributed by atoms with van der Waals surface area (Å²) < 4.78 is 34.9. The van der Waals surface area contributed by atoms with E-state index >= 15 is 0 Å². The third kappa shape index (κ3) is 4.76. The van der Waals surface area contributed by atoms with E-state index in [-0.39, 0.29) is 22.4 Å². The molecule has 0 fully saturated rings. The van der Waals surface area contributed by atoms with E-state index in [0.717, 1.165) is 15.2 Å². The molecular weight excluding hydrogens is 470 g/mol. The van der Waals surface area contributed by atoms with Crippen LogP contribution in [0.3, 0.4) is 0 Å². The zero-order valence-corrected chi connectivity index (χ0v) is 20.9. The molecule has 7 nitrogen and oxygen atoms in total.